The lowest BCUT2D eigenvalue weighted by atomic mass is 10.1. The van der Waals surface area contributed by atoms with Gasteiger partial charge in [-0.3, -0.25) is 0 Å². The van der Waals surface area contributed by atoms with Crippen molar-refractivity contribution in [2.45, 2.75) is 45.6 Å². The second kappa shape index (κ2) is 15.6. The van der Waals surface area contributed by atoms with Crippen molar-refractivity contribution in [1.29, 1.82) is 0 Å². The van der Waals surface area contributed by atoms with E-state index in [0.717, 1.165) is 31.4 Å². The van der Waals surface area contributed by atoms with Crippen LogP contribution < -0.4 is 16.8 Å². The molecule has 0 saturated carbocycles. The lowest BCUT2D eigenvalue weighted by Crippen LogP contribution is -2.43. The third-order valence-electron chi connectivity index (χ3n) is 4.75. The summed E-state index contributed by atoms with van der Waals surface area (Å²) in [6, 6.07) is -0.243. The number of nitrogens with zero attached hydrogens (tertiary/aromatic N) is 2. The van der Waals surface area contributed by atoms with E-state index in [1.165, 1.54) is 0 Å². The molecular formula is C21H39N5O4. The first-order valence-electron chi connectivity index (χ1n) is 10.9. The smallest absolute Gasteiger partial charge is 0.409 e. The van der Waals surface area contributed by atoms with Crippen molar-refractivity contribution in [3.63, 3.8) is 0 Å². The zero-order valence-electron chi connectivity index (χ0n) is 18.5. The highest BCUT2D eigenvalue weighted by Crippen LogP contribution is 2.12. The number of nitrogens with one attached hydrogen (secondary N) is 1. The van der Waals surface area contributed by atoms with Crippen molar-refractivity contribution in [3.05, 3.63) is 23.9 Å². The minimum Gasteiger partial charge on any atom is -0.448 e. The number of ether oxygens (including phenoxy) is 2. The maximum absolute atomic E-state index is 12.5. The molecule has 0 fully saturated rings. The van der Waals surface area contributed by atoms with Gasteiger partial charge in [-0.15, -0.1) is 0 Å². The Morgan fingerprint density at radius 2 is 1.97 bits per heavy atom. The third-order valence-corrected chi connectivity index (χ3v) is 4.75. The van der Waals surface area contributed by atoms with Gasteiger partial charge in [0.2, 0.25) is 0 Å². The molecule has 0 bridgehead atoms. The molecular weight excluding hydrogens is 386 g/mol. The van der Waals surface area contributed by atoms with E-state index >= 15 is 0 Å². The monoisotopic (exact) mass is 425 g/mol. The summed E-state index contributed by atoms with van der Waals surface area (Å²) in [6.07, 6.45) is 8.77. The molecule has 172 valence electrons. The summed E-state index contributed by atoms with van der Waals surface area (Å²) < 4.78 is 10.6. The highest BCUT2D eigenvalue weighted by Gasteiger charge is 2.19. The van der Waals surface area contributed by atoms with Gasteiger partial charge in [0.15, 0.2) is 0 Å². The van der Waals surface area contributed by atoms with E-state index in [0.29, 0.717) is 39.3 Å². The Morgan fingerprint density at radius 1 is 1.20 bits per heavy atom. The maximum atomic E-state index is 12.5. The van der Waals surface area contributed by atoms with E-state index in [2.05, 4.69) is 24.1 Å². The van der Waals surface area contributed by atoms with Gasteiger partial charge in [0, 0.05) is 31.9 Å². The SMILES string of the molecule is CCCCNC(=O)OCCN(CCCC)C(=O)OCCN1CC=CC=C1C(N)CN. The van der Waals surface area contributed by atoms with Crippen LogP contribution >= 0.6 is 0 Å². The van der Waals surface area contributed by atoms with Crippen molar-refractivity contribution >= 4 is 12.2 Å². The molecule has 0 spiro atoms. The molecule has 0 aliphatic carbocycles. The average Bonchev–Trinajstić information content (AvgIpc) is 2.76. The number of nitrogens with two attached hydrogens (primary N) is 2. The van der Waals surface area contributed by atoms with E-state index in [9.17, 15) is 9.59 Å². The largest absolute Gasteiger partial charge is 0.448 e. The molecule has 5 N–H and O–H groups in total. The lowest BCUT2D eigenvalue weighted by Gasteiger charge is -2.31. The average molecular weight is 426 g/mol. The number of allylic oxidation sites excluding steroid dienone is 2. The summed E-state index contributed by atoms with van der Waals surface area (Å²) >= 11 is 0. The predicted octanol–water partition coefficient (Wildman–Crippen LogP) is 1.79. The van der Waals surface area contributed by atoms with Crippen LogP contribution in [0.3, 0.4) is 0 Å². The first kappa shape index (κ1) is 25.8. The second-order valence-corrected chi connectivity index (χ2v) is 7.18. The number of alkyl carbamates (subject to hydrolysis) is 1. The topological polar surface area (TPSA) is 123 Å². The molecule has 30 heavy (non-hydrogen) atoms. The van der Waals surface area contributed by atoms with Crippen LogP contribution in [0.1, 0.15) is 39.5 Å². The number of carbonyl (C=O) groups is 2. The summed E-state index contributed by atoms with van der Waals surface area (Å²) in [5, 5.41) is 2.69. The van der Waals surface area contributed by atoms with E-state index in [1.807, 2.05) is 18.2 Å². The molecule has 1 unspecified atom stereocenters. The van der Waals surface area contributed by atoms with Gasteiger partial charge in [-0.1, -0.05) is 38.8 Å². The highest BCUT2D eigenvalue weighted by molar-refractivity contribution is 5.68. The Labute approximate surface area is 180 Å². The van der Waals surface area contributed by atoms with Gasteiger partial charge in [0.1, 0.15) is 13.2 Å². The number of hydrogen-bond donors (Lipinski definition) is 3. The zero-order chi connectivity index (χ0) is 22.2. The predicted molar refractivity (Wildman–Crippen MR) is 118 cm³/mol. The van der Waals surface area contributed by atoms with Crippen LogP contribution in [0.25, 0.3) is 0 Å². The van der Waals surface area contributed by atoms with Crippen LogP contribution in [0.5, 0.6) is 0 Å². The van der Waals surface area contributed by atoms with Gasteiger partial charge >= 0.3 is 12.2 Å². The van der Waals surface area contributed by atoms with Gasteiger partial charge in [0.05, 0.1) is 19.1 Å². The number of unbranched alkanes of at least 4 members (excludes halogenated alkanes) is 2. The second-order valence-electron chi connectivity index (χ2n) is 7.18. The van der Waals surface area contributed by atoms with Gasteiger partial charge in [-0.05, 0) is 18.9 Å². The Morgan fingerprint density at radius 3 is 2.67 bits per heavy atom. The summed E-state index contributed by atoms with van der Waals surface area (Å²) in [5.74, 6) is 0. The fourth-order valence-corrected chi connectivity index (χ4v) is 2.91. The number of carbonyl (C=O) groups excluding carboxylic acids is 2. The number of amides is 2. The molecule has 1 rings (SSSR count). The van der Waals surface area contributed by atoms with Crippen LogP contribution in [0.2, 0.25) is 0 Å². The Hall–Kier alpha value is -2.26. The first-order chi connectivity index (χ1) is 14.5. The van der Waals surface area contributed by atoms with Crippen molar-refractivity contribution in [1.82, 2.24) is 15.1 Å². The molecule has 1 atom stereocenters. The molecule has 1 heterocycles. The molecule has 2 amide bonds. The van der Waals surface area contributed by atoms with Crippen LogP contribution in [-0.4, -0.2) is 80.5 Å². The first-order valence-corrected chi connectivity index (χ1v) is 10.9. The number of hydrogen-bond acceptors (Lipinski definition) is 7. The molecule has 1 aliphatic heterocycles. The molecule has 0 aromatic heterocycles. The van der Waals surface area contributed by atoms with Crippen LogP contribution in [0.4, 0.5) is 9.59 Å². The van der Waals surface area contributed by atoms with Crippen molar-refractivity contribution < 1.29 is 19.1 Å². The van der Waals surface area contributed by atoms with Gasteiger partial charge in [-0.25, -0.2) is 9.59 Å². The van der Waals surface area contributed by atoms with Crippen LogP contribution in [0.15, 0.2) is 23.9 Å². The molecule has 9 nitrogen and oxygen atoms in total. The standard InChI is InChI=1S/C21H39N5O4/c1-3-5-10-24-20(27)29-15-14-26(11-6-4-2)21(28)30-16-13-25-12-8-7-9-19(25)18(23)17-22/h7-9,18H,3-6,10-17,22-23H2,1-2H3,(H,24,27). The van der Waals surface area contributed by atoms with Gasteiger partial charge in [0.25, 0.3) is 0 Å². The van der Waals surface area contributed by atoms with Gasteiger partial charge < -0.3 is 36.1 Å². The lowest BCUT2D eigenvalue weighted by molar-refractivity contribution is 0.0811. The Bertz CT molecular complexity index is 568. The number of rotatable bonds is 14. The molecule has 0 radical (unpaired) electrons. The summed E-state index contributed by atoms with van der Waals surface area (Å²) in [6.45, 7) is 7.52. The minimum atomic E-state index is -0.457. The molecule has 0 aromatic rings. The molecule has 0 saturated heterocycles. The summed E-state index contributed by atoms with van der Waals surface area (Å²) in [5.41, 5.74) is 12.7. The Balaban J connectivity index is 2.42. The third kappa shape index (κ3) is 9.98. The minimum absolute atomic E-state index is 0.131. The zero-order valence-corrected chi connectivity index (χ0v) is 18.5. The van der Waals surface area contributed by atoms with E-state index in [4.69, 9.17) is 20.9 Å². The van der Waals surface area contributed by atoms with E-state index < -0.39 is 12.2 Å². The summed E-state index contributed by atoms with van der Waals surface area (Å²) in [4.78, 5) is 27.8. The van der Waals surface area contributed by atoms with Crippen molar-refractivity contribution in [2.75, 3.05) is 52.5 Å². The van der Waals surface area contributed by atoms with Crippen molar-refractivity contribution in [3.8, 4) is 0 Å². The van der Waals surface area contributed by atoms with Crippen LogP contribution in [-0.2, 0) is 9.47 Å². The van der Waals surface area contributed by atoms with Gasteiger partial charge in [-0.2, -0.15) is 0 Å². The molecule has 0 aromatic carbocycles. The van der Waals surface area contributed by atoms with Crippen molar-refractivity contribution in [2.24, 2.45) is 11.5 Å². The Kier molecular flexibility index (Phi) is 13.4. The summed E-state index contributed by atoms with van der Waals surface area (Å²) in [7, 11) is 0. The normalized spacial score (nSPS) is 14.1. The fraction of sp³-hybridized carbons (Fsp3) is 0.714. The van der Waals surface area contributed by atoms with E-state index in [1.54, 1.807) is 4.90 Å². The fourth-order valence-electron chi connectivity index (χ4n) is 2.91. The van der Waals surface area contributed by atoms with E-state index in [-0.39, 0.29) is 19.3 Å². The maximum Gasteiger partial charge on any atom is 0.409 e. The highest BCUT2D eigenvalue weighted by atomic mass is 16.6. The molecule has 9 heteroatoms. The quantitative estimate of drug-likeness (QED) is 0.363. The van der Waals surface area contributed by atoms with Crippen LogP contribution in [0, 0.1) is 0 Å². The molecule has 1 aliphatic rings.